The normalized spacial score (nSPS) is 23.3. The summed E-state index contributed by atoms with van der Waals surface area (Å²) in [4.78, 5) is 11.9. The van der Waals surface area contributed by atoms with Crippen LogP contribution in [0.25, 0.3) is 10.9 Å². The van der Waals surface area contributed by atoms with Crippen molar-refractivity contribution >= 4 is 16.8 Å². The van der Waals surface area contributed by atoms with Crippen LogP contribution >= 0.6 is 0 Å². The third kappa shape index (κ3) is 1.56. The van der Waals surface area contributed by atoms with Gasteiger partial charge in [0, 0.05) is 17.0 Å². The third-order valence-corrected chi connectivity index (χ3v) is 3.13. The van der Waals surface area contributed by atoms with Gasteiger partial charge < -0.3 is 5.32 Å². The Labute approximate surface area is 93.0 Å². The van der Waals surface area contributed by atoms with Crippen LogP contribution in [0.3, 0.4) is 0 Å². The fourth-order valence-corrected chi connectivity index (χ4v) is 1.85. The second-order valence-electron chi connectivity index (χ2n) is 4.46. The minimum Gasteiger partial charge on any atom is -0.349 e. The monoisotopic (exact) mass is 215 g/mol. The molecule has 1 aromatic carbocycles. The SMILES string of the molecule is CC1CC1NC(=O)c1ccc2cn[nH]c2c1. The Hall–Kier alpha value is -1.84. The van der Waals surface area contributed by atoms with Gasteiger partial charge >= 0.3 is 0 Å². The largest absolute Gasteiger partial charge is 0.349 e. The summed E-state index contributed by atoms with van der Waals surface area (Å²) in [6.07, 6.45) is 2.85. The van der Waals surface area contributed by atoms with E-state index in [9.17, 15) is 4.79 Å². The molecular weight excluding hydrogens is 202 g/mol. The number of aromatic amines is 1. The van der Waals surface area contributed by atoms with Crippen LogP contribution in [0, 0.1) is 5.92 Å². The van der Waals surface area contributed by atoms with Gasteiger partial charge in [0.25, 0.3) is 5.91 Å². The number of nitrogens with zero attached hydrogens (tertiary/aromatic N) is 1. The van der Waals surface area contributed by atoms with Gasteiger partial charge in [-0.3, -0.25) is 9.89 Å². The first-order valence-electron chi connectivity index (χ1n) is 5.48. The molecule has 0 saturated heterocycles. The maximum Gasteiger partial charge on any atom is 0.251 e. The number of benzene rings is 1. The molecule has 1 fully saturated rings. The molecule has 2 unspecified atom stereocenters. The fourth-order valence-electron chi connectivity index (χ4n) is 1.85. The molecule has 0 radical (unpaired) electrons. The van der Waals surface area contributed by atoms with E-state index in [1.807, 2.05) is 18.2 Å². The summed E-state index contributed by atoms with van der Waals surface area (Å²) in [7, 11) is 0. The third-order valence-electron chi connectivity index (χ3n) is 3.13. The molecule has 4 heteroatoms. The predicted molar refractivity (Wildman–Crippen MR) is 61.1 cm³/mol. The van der Waals surface area contributed by atoms with Gasteiger partial charge in [-0.25, -0.2) is 0 Å². The van der Waals surface area contributed by atoms with Crippen molar-refractivity contribution in [3.63, 3.8) is 0 Å². The van der Waals surface area contributed by atoms with E-state index in [1.54, 1.807) is 6.20 Å². The molecule has 2 N–H and O–H groups in total. The first-order chi connectivity index (χ1) is 7.74. The predicted octanol–water partition coefficient (Wildman–Crippen LogP) is 1.70. The molecule has 2 atom stereocenters. The van der Waals surface area contributed by atoms with E-state index >= 15 is 0 Å². The number of H-pyrrole nitrogens is 1. The van der Waals surface area contributed by atoms with Crippen molar-refractivity contribution in [2.45, 2.75) is 19.4 Å². The summed E-state index contributed by atoms with van der Waals surface area (Å²) in [5.41, 5.74) is 1.59. The van der Waals surface area contributed by atoms with E-state index in [0.717, 1.165) is 17.3 Å². The summed E-state index contributed by atoms with van der Waals surface area (Å²) in [5.74, 6) is 0.630. The number of hydrogen-bond acceptors (Lipinski definition) is 2. The molecule has 1 saturated carbocycles. The lowest BCUT2D eigenvalue weighted by Crippen LogP contribution is -2.26. The summed E-state index contributed by atoms with van der Waals surface area (Å²) in [6.45, 7) is 2.14. The van der Waals surface area contributed by atoms with Gasteiger partial charge in [-0.1, -0.05) is 13.0 Å². The molecule has 1 amide bonds. The standard InChI is InChI=1S/C12H13N3O/c1-7-4-10(7)14-12(16)8-2-3-9-6-13-15-11(9)5-8/h2-3,5-7,10H,4H2,1H3,(H,13,15)(H,14,16). The molecule has 1 heterocycles. The molecule has 0 aliphatic heterocycles. The Morgan fingerprint density at radius 1 is 1.56 bits per heavy atom. The lowest BCUT2D eigenvalue weighted by atomic mass is 10.1. The summed E-state index contributed by atoms with van der Waals surface area (Å²) >= 11 is 0. The van der Waals surface area contributed by atoms with Crippen LogP contribution in [0.4, 0.5) is 0 Å². The number of carbonyl (C=O) groups is 1. The Balaban J connectivity index is 1.84. The number of hydrogen-bond donors (Lipinski definition) is 2. The maximum atomic E-state index is 11.9. The highest BCUT2D eigenvalue weighted by molar-refractivity contribution is 5.98. The van der Waals surface area contributed by atoms with Gasteiger partial charge in [0.2, 0.25) is 0 Å². The smallest absolute Gasteiger partial charge is 0.251 e. The molecule has 1 aliphatic carbocycles. The first kappa shape index (κ1) is 9.39. The zero-order valence-corrected chi connectivity index (χ0v) is 9.03. The van der Waals surface area contributed by atoms with Crippen molar-refractivity contribution in [3.8, 4) is 0 Å². The summed E-state index contributed by atoms with van der Waals surface area (Å²) < 4.78 is 0. The molecule has 0 bridgehead atoms. The maximum absolute atomic E-state index is 11.9. The van der Waals surface area contributed by atoms with E-state index in [2.05, 4.69) is 22.4 Å². The molecule has 3 rings (SSSR count). The van der Waals surface area contributed by atoms with Crippen LogP contribution in [0.15, 0.2) is 24.4 Å². The van der Waals surface area contributed by atoms with E-state index in [-0.39, 0.29) is 5.91 Å². The van der Waals surface area contributed by atoms with Crippen LogP contribution in [-0.2, 0) is 0 Å². The van der Waals surface area contributed by atoms with E-state index in [0.29, 0.717) is 17.5 Å². The molecular formula is C12H13N3O. The Kier molecular flexibility index (Phi) is 1.96. The average Bonchev–Trinajstić information content (AvgIpc) is 2.81. The summed E-state index contributed by atoms with van der Waals surface area (Å²) in [6, 6.07) is 5.94. The van der Waals surface area contributed by atoms with Crippen molar-refractivity contribution in [2.24, 2.45) is 5.92 Å². The summed E-state index contributed by atoms with van der Waals surface area (Å²) in [5, 5.41) is 10.8. The molecule has 16 heavy (non-hydrogen) atoms. The molecule has 2 aromatic rings. The lowest BCUT2D eigenvalue weighted by Gasteiger charge is -2.03. The second kappa shape index (κ2) is 3.33. The van der Waals surface area contributed by atoms with Crippen LogP contribution < -0.4 is 5.32 Å². The van der Waals surface area contributed by atoms with Crippen LogP contribution in [0.2, 0.25) is 0 Å². The first-order valence-corrected chi connectivity index (χ1v) is 5.48. The minimum absolute atomic E-state index is 0.00542. The molecule has 4 nitrogen and oxygen atoms in total. The zero-order chi connectivity index (χ0) is 11.1. The van der Waals surface area contributed by atoms with Gasteiger partial charge in [0.15, 0.2) is 0 Å². The molecule has 1 aromatic heterocycles. The van der Waals surface area contributed by atoms with Gasteiger partial charge in [0.1, 0.15) is 0 Å². The quantitative estimate of drug-likeness (QED) is 0.801. The number of nitrogens with one attached hydrogen (secondary N) is 2. The molecule has 1 aliphatic rings. The van der Waals surface area contributed by atoms with E-state index < -0.39 is 0 Å². The number of rotatable bonds is 2. The van der Waals surface area contributed by atoms with Crippen LogP contribution in [0.1, 0.15) is 23.7 Å². The highest BCUT2D eigenvalue weighted by Gasteiger charge is 2.33. The van der Waals surface area contributed by atoms with Crippen LogP contribution in [-0.4, -0.2) is 22.1 Å². The Morgan fingerprint density at radius 2 is 2.38 bits per heavy atom. The second-order valence-corrected chi connectivity index (χ2v) is 4.46. The minimum atomic E-state index is 0.00542. The van der Waals surface area contributed by atoms with E-state index in [1.165, 1.54) is 0 Å². The van der Waals surface area contributed by atoms with Crippen molar-refractivity contribution < 1.29 is 4.79 Å². The Morgan fingerprint density at radius 3 is 3.12 bits per heavy atom. The fraction of sp³-hybridized carbons (Fsp3) is 0.333. The topological polar surface area (TPSA) is 57.8 Å². The zero-order valence-electron chi connectivity index (χ0n) is 9.03. The highest BCUT2D eigenvalue weighted by Crippen LogP contribution is 2.29. The van der Waals surface area contributed by atoms with Gasteiger partial charge in [-0.2, -0.15) is 5.10 Å². The van der Waals surface area contributed by atoms with Crippen molar-refractivity contribution in [1.29, 1.82) is 0 Å². The van der Waals surface area contributed by atoms with Crippen molar-refractivity contribution in [2.75, 3.05) is 0 Å². The Bertz CT molecular complexity index is 546. The van der Waals surface area contributed by atoms with Crippen molar-refractivity contribution in [1.82, 2.24) is 15.5 Å². The number of fused-ring (bicyclic) bond motifs is 1. The van der Waals surface area contributed by atoms with Gasteiger partial charge in [0.05, 0.1) is 11.7 Å². The lowest BCUT2D eigenvalue weighted by molar-refractivity contribution is 0.0949. The van der Waals surface area contributed by atoms with Crippen molar-refractivity contribution in [3.05, 3.63) is 30.0 Å². The van der Waals surface area contributed by atoms with Gasteiger partial charge in [-0.15, -0.1) is 0 Å². The van der Waals surface area contributed by atoms with Gasteiger partial charge in [-0.05, 0) is 24.5 Å². The number of aromatic nitrogens is 2. The van der Waals surface area contributed by atoms with Crippen LogP contribution in [0.5, 0.6) is 0 Å². The van der Waals surface area contributed by atoms with E-state index in [4.69, 9.17) is 0 Å². The molecule has 0 spiro atoms. The average molecular weight is 215 g/mol. The molecule has 82 valence electrons. The highest BCUT2D eigenvalue weighted by atomic mass is 16.1. The number of carbonyl (C=O) groups excluding carboxylic acids is 1. The number of amides is 1.